The highest BCUT2D eigenvalue weighted by Crippen LogP contribution is 2.63. The molecular formula is C30H40N4O6S. The second-order valence-corrected chi connectivity index (χ2v) is 13.4. The molecule has 2 heterocycles. The van der Waals surface area contributed by atoms with E-state index in [1.54, 1.807) is 12.1 Å². The Labute approximate surface area is 244 Å². The molecule has 2 aliphatic carbocycles. The molecule has 3 amide bonds. The van der Waals surface area contributed by atoms with E-state index in [0.717, 1.165) is 10.6 Å². The summed E-state index contributed by atoms with van der Waals surface area (Å²) in [5.41, 5.74) is 5.17. The molecule has 5 rings (SSSR count). The summed E-state index contributed by atoms with van der Waals surface area (Å²) in [5.74, 6) is -0.596. The predicted octanol–water partition coefficient (Wildman–Crippen LogP) is 2.69. The molecule has 5 atom stereocenters. The Balaban J connectivity index is 1.39. The number of anilines is 1. The van der Waals surface area contributed by atoms with Crippen LogP contribution >= 0.6 is 11.3 Å². The smallest absolute Gasteiger partial charge is 0.264 e. The molecule has 10 nitrogen and oxygen atoms in total. The van der Waals surface area contributed by atoms with Gasteiger partial charge in [-0.05, 0) is 55.6 Å². The maximum Gasteiger partial charge on any atom is 0.264 e. The number of aromatic nitrogens is 1. The van der Waals surface area contributed by atoms with Crippen LogP contribution in [-0.4, -0.2) is 70.2 Å². The van der Waals surface area contributed by atoms with Crippen molar-refractivity contribution in [1.82, 2.24) is 9.88 Å². The van der Waals surface area contributed by atoms with Gasteiger partial charge in [0.15, 0.2) is 11.7 Å². The number of hydrogen-bond acceptors (Lipinski definition) is 8. The minimum absolute atomic E-state index is 0.00239. The van der Waals surface area contributed by atoms with Crippen molar-refractivity contribution in [3.63, 3.8) is 0 Å². The van der Waals surface area contributed by atoms with Crippen molar-refractivity contribution >= 4 is 34.2 Å². The first kappa shape index (κ1) is 29.5. The largest absolute Gasteiger partial charge is 0.484 e. The maximum atomic E-state index is 13.7. The molecule has 1 aromatic carbocycles. The first-order valence-electron chi connectivity index (χ1n) is 14.4. The van der Waals surface area contributed by atoms with Gasteiger partial charge in [0.05, 0.1) is 18.4 Å². The molecule has 11 heteroatoms. The van der Waals surface area contributed by atoms with Gasteiger partial charge in [-0.25, -0.2) is 4.98 Å². The van der Waals surface area contributed by atoms with Gasteiger partial charge >= 0.3 is 0 Å². The van der Waals surface area contributed by atoms with Gasteiger partial charge in [0, 0.05) is 41.6 Å². The van der Waals surface area contributed by atoms with Gasteiger partial charge in [0.1, 0.15) is 5.75 Å². The van der Waals surface area contributed by atoms with E-state index in [2.05, 4.69) is 12.2 Å². The third-order valence-electron chi connectivity index (χ3n) is 9.88. The van der Waals surface area contributed by atoms with Gasteiger partial charge in [-0.3, -0.25) is 19.7 Å². The zero-order valence-corrected chi connectivity index (χ0v) is 24.5. The predicted molar refractivity (Wildman–Crippen MR) is 154 cm³/mol. The Morgan fingerprint density at radius 1 is 1.17 bits per heavy atom. The molecule has 1 saturated carbocycles. The summed E-state index contributed by atoms with van der Waals surface area (Å²) in [7, 11) is 0. The molecule has 1 saturated heterocycles. The lowest BCUT2D eigenvalue weighted by atomic mass is 9.47. The van der Waals surface area contributed by atoms with Crippen molar-refractivity contribution in [1.29, 1.82) is 0 Å². The summed E-state index contributed by atoms with van der Waals surface area (Å²) in [6.07, 6.45) is 2.51. The van der Waals surface area contributed by atoms with Crippen LogP contribution in [0.25, 0.3) is 0 Å². The molecule has 2 fully saturated rings. The van der Waals surface area contributed by atoms with Crippen molar-refractivity contribution < 1.29 is 29.3 Å². The third-order valence-corrected chi connectivity index (χ3v) is 10.9. The standard InChI is InChI=1S/C30H40N4O6S/c1-29-11-8-23(36)30(2,17-35)22(29)15-21-26(20(29)14-25(38)34-12-9-18(10-13-34)27(31)39)33-28(41-21)32-24(37)16-40-19-6-4-3-5-7-19/h3-7,18,20,22-23,35-36H,8-17H2,1-2H3,(H2,31,39)(H,32,33,37). The number of thiazole rings is 1. The molecule has 1 aromatic heterocycles. The van der Waals surface area contributed by atoms with E-state index in [4.69, 9.17) is 15.5 Å². The number of primary amides is 1. The number of benzene rings is 1. The zero-order valence-electron chi connectivity index (χ0n) is 23.7. The van der Waals surface area contributed by atoms with E-state index < -0.39 is 16.9 Å². The number of rotatable bonds is 8. The molecule has 3 aliphatic rings. The van der Waals surface area contributed by atoms with Gasteiger partial charge in [0.2, 0.25) is 11.8 Å². The molecule has 5 N–H and O–H groups in total. The number of para-hydroxylation sites is 1. The first-order chi connectivity index (χ1) is 19.5. The summed E-state index contributed by atoms with van der Waals surface area (Å²) in [4.78, 5) is 45.6. The maximum absolute atomic E-state index is 13.7. The number of carbonyl (C=O) groups excluding carboxylic acids is 3. The Hall–Kier alpha value is -3.02. The van der Waals surface area contributed by atoms with Crippen LogP contribution in [0.2, 0.25) is 0 Å². The first-order valence-corrected chi connectivity index (χ1v) is 15.2. The van der Waals surface area contributed by atoms with E-state index in [0.29, 0.717) is 56.1 Å². The summed E-state index contributed by atoms with van der Waals surface area (Å²) in [6.45, 7) is 4.74. The number of hydrogen-bond donors (Lipinski definition) is 4. The quantitative estimate of drug-likeness (QED) is 0.372. The van der Waals surface area contributed by atoms with E-state index in [9.17, 15) is 24.6 Å². The summed E-state index contributed by atoms with van der Waals surface area (Å²) >= 11 is 1.38. The second-order valence-electron chi connectivity index (χ2n) is 12.3. The number of fused-ring (bicyclic) bond motifs is 2. The minimum atomic E-state index is -0.733. The average molecular weight is 585 g/mol. The van der Waals surface area contributed by atoms with Crippen LogP contribution in [0.5, 0.6) is 5.75 Å². The lowest BCUT2D eigenvalue weighted by Gasteiger charge is -2.58. The molecule has 2 aromatic rings. The van der Waals surface area contributed by atoms with Crippen LogP contribution in [0, 0.1) is 22.7 Å². The molecule has 0 radical (unpaired) electrons. The SMILES string of the molecule is CC1(CO)C(O)CCC2(C)C(CC(=O)N3CCC(C(N)=O)CC3)c3nc(NC(=O)COc4ccccc4)sc3CC12. The lowest BCUT2D eigenvalue weighted by Crippen LogP contribution is -2.58. The number of aliphatic hydroxyl groups is 2. The molecule has 41 heavy (non-hydrogen) atoms. The fourth-order valence-corrected chi connectivity index (χ4v) is 8.32. The molecule has 0 spiro atoms. The highest BCUT2D eigenvalue weighted by atomic mass is 32.1. The molecular weight excluding hydrogens is 544 g/mol. The lowest BCUT2D eigenvalue weighted by molar-refractivity contribution is -0.148. The Morgan fingerprint density at radius 2 is 1.88 bits per heavy atom. The fraction of sp³-hybridized carbons (Fsp3) is 0.600. The Morgan fingerprint density at radius 3 is 2.54 bits per heavy atom. The van der Waals surface area contributed by atoms with Gasteiger partial charge in [-0.2, -0.15) is 0 Å². The summed E-state index contributed by atoms with van der Waals surface area (Å²) in [6, 6.07) is 9.10. The number of carbonyl (C=O) groups is 3. The number of nitrogens with two attached hydrogens (primary N) is 1. The highest BCUT2D eigenvalue weighted by Gasteiger charge is 2.59. The number of nitrogens with one attached hydrogen (secondary N) is 1. The van der Waals surface area contributed by atoms with Gasteiger partial charge in [0.25, 0.3) is 5.91 Å². The monoisotopic (exact) mass is 584 g/mol. The van der Waals surface area contributed by atoms with E-state index in [1.807, 2.05) is 30.0 Å². The van der Waals surface area contributed by atoms with Crippen molar-refractivity contribution in [2.75, 3.05) is 31.6 Å². The number of likely N-dealkylation sites (tertiary alicyclic amines) is 1. The summed E-state index contributed by atoms with van der Waals surface area (Å²) in [5, 5.41) is 24.8. The number of piperidine rings is 1. The summed E-state index contributed by atoms with van der Waals surface area (Å²) < 4.78 is 5.58. The topological polar surface area (TPSA) is 155 Å². The van der Waals surface area contributed by atoms with Gasteiger partial charge in [-0.15, -0.1) is 11.3 Å². The van der Waals surface area contributed by atoms with E-state index in [1.165, 1.54) is 11.3 Å². The molecule has 5 unspecified atom stereocenters. The van der Waals surface area contributed by atoms with Crippen LogP contribution in [0.4, 0.5) is 5.13 Å². The van der Waals surface area contributed by atoms with Crippen LogP contribution in [-0.2, 0) is 20.8 Å². The van der Waals surface area contributed by atoms with Crippen molar-refractivity contribution in [2.45, 2.75) is 64.4 Å². The van der Waals surface area contributed by atoms with Crippen molar-refractivity contribution in [2.24, 2.45) is 28.4 Å². The Kier molecular flexibility index (Phi) is 8.41. The third kappa shape index (κ3) is 5.72. The Bertz CT molecular complexity index is 1280. The minimum Gasteiger partial charge on any atom is -0.484 e. The highest BCUT2D eigenvalue weighted by molar-refractivity contribution is 7.15. The number of ether oxygens (including phenoxy) is 1. The van der Waals surface area contributed by atoms with Gasteiger partial charge in [-0.1, -0.05) is 32.0 Å². The normalized spacial score (nSPS) is 29.8. The number of nitrogens with zero attached hydrogens (tertiary/aromatic N) is 2. The van der Waals surface area contributed by atoms with E-state index in [-0.39, 0.29) is 55.1 Å². The van der Waals surface area contributed by atoms with Crippen molar-refractivity contribution in [3.05, 3.63) is 40.9 Å². The van der Waals surface area contributed by atoms with Crippen LogP contribution < -0.4 is 15.8 Å². The zero-order chi connectivity index (χ0) is 29.4. The van der Waals surface area contributed by atoms with E-state index >= 15 is 0 Å². The molecule has 0 bridgehead atoms. The number of aliphatic hydroxyl groups excluding tert-OH is 2. The van der Waals surface area contributed by atoms with Crippen LogP contribution in [0.3, 0.4) is 0 Å². The van der Waals surface area contributed by atoms with Crippen molar-refractivity contribution in [3.8, 4) is 5.75 Å². The van der Waals surface area contributed by atoms with Gasteiger partial charge < -0.3 is 25.6 Å². The average Bonchev–Trinajstić information content (AvgIpc) is 3.37. The van der Waals surface area contributed by atoms with Crippen LogP contribution in [0.15, 0.2) is 30.3 Å². The molecule has 1 aliphatic heterocycles. The fourth-order valence-electron chi connectivity index (χ4n) is 7.24. The number of amides is 3. The second kappa shape index (κ2) is 11.7. The molecule has 222 valence electrons. The van der Waals surface area contributed by atoms with Crippen LogP contribution in [0.1, 0.15) is 62.4 Å².